The van der Waals surface area contributed by atoms with E-state index in [4.69, 9.17) is 17.2 Å². The van der Waals surface area contributed by atoms with Gasteiger partial charge in [0.05, 0.1) is 27.5 Å². The van der Waals surface area contributed by atoms with Crippen LogP contribution in [0.2, 0.25) is 0 Å². The predicted octanol–water partition coefficient (Wildman–Crippen LogP) is 2.25. The van der Waals surface area contributed by atoms with Crippen LogP contribution < -0.4 is 65.1 Å². The molecule has 7 atom stereocenters. The Morgan fingerprint density at radius 1 is 0.634 bits per heavy atom. The molecule has 3 rings (SSSR count). The van der Waals surface area contributed by atoms with E-state index in [0.29, 0.717) is 55.3 Å². The van der Waals surface area contributed by atoms with Crippen LogP contribution in [-0.4, -0.2) is 132 Å². The fraction of sp³-hybridized carbons (Fsp3) is 0.527. The molecule has 0 aromatic heterocycles. The first-order valence-electron chi connectivity index (χ1n) is 27.5. The Morgan fingerprint density at radius 2 is 1.20 bits per heavy atom. The van der Waals surface area contributed by atoms with E-state index in [1.165, 1.54) is 18.2 Å². The van der Waals surface area contributed by atoms with Crippen LogP contribution >= 0.6 is 0 Å². The number of nitrogens with zero attached hydrogens (tertiary/aromatic N) is 2. The molecule has 3 aromatic carbocycles. The number of unbranched alkanes of at least 4 members (excludes halogenated alkanes) is 3. The van der Waals surface area contributed by atoms with Crippen molar-refractivity contribution in [2.45, 2.75) is 141 Å². The van der Waals surface area contributed by atoms with E-state index in [9.17, 15) is 63.7 Å². The number of nitro groups is 2. The summed E-state index contributed by atoms with van der Waals surface area (Å²) < 4.78 is 0. The zero-order valence-corrected chi connectivity index (χ0v) is 47.3. The molecule has 0 bridgehead atoms. The third-order valence-corrected chi connectivity index (χ3v) is 13.6. The highest BCUT2D eigenvalue weighted by molar-refractivity contribution is 6.00. The summed E-state index contributed by atoms with van der Waals surface area (Å²) in [5, 5.41) is 57.4. The summed E-state index contributed by atoms with van der Waals surface area (Å²) >= 11 is 0. The minimum absolute atomic E-state index is 0.00797. The van der Waals surface area contributed by atoms with Crippen LogP contribution in [0.15, 0.2) is 66.7 Å². The zero-order valence-electron chi connectivity index (χ0n) is 47.3. The zero-order chi connectivity index (χ0) is 60.9. The summed E-state index contributed by atoms with van der Waals surface area (Å²) in [5.41, 5.74) is 18.5. The molecule has 3 aromatic rings. The molecule has 0 aliphatic heterocycles. The van der Waals surface area contributed by atoms with E-state index in [-0.39, 0.29) is 88.0 Å². The quantitative estimate of drug-likeness (QED) is 0.0222. The number of aromatic hydroxyl groups is 1. The number of primary amides is 1. The molecule has 8 amide bonds. The number of phenols is 1. The predicted molar refractivity (Wildman–Crippen MR) is 308 cm³/mol. The first-order chi connectivity index (χ1) is 39.0. The van der Waals surface area contributed by atoms with Crippen LogP contribution in [0, 0.1) is 32.1 Å². The van der Waals surface area contributed by atoms with Crippen molar-refractivity contribution in [2.75, 3.05) is 43.9 Å². The molecule has 0 fully saturated rings. The van der Waals surface area contributed by atoms with Crippen LogP contribution in [0.3, 0.4) is 0 Å². The van der Waals surface area contributed by atoms with Gasteiger partial charge in [-0.2, -0.15) is 0 Å². The monoisotopic (exact) mass is 1150 g/mol. The van der Waals surface area contributed by atoms with Gasteiger partial charge in [-0.05, 0) is 118 Å². The van der Waals surface area contributed by atoms with Crippen LogP contribution in [0.25, 0.3) is 0 Å². The lowest BCUT2D eigenvalue weighted by molar-refractivity contribution is -0.393. The molecule has 0 saturated carbocycles. The standard InChI is InChI=1S/C55H82N14O13/c1-6-34(4)48(49(58)72)67-55(78)47(33(2)3)66-54(77)43(17-9-11-27-56)65-52(75)42(18-10-12-30-62-50(73)38-15-7-8-16-40(38)59-5)64-53(76)44(63-51(74)39(57)31-35-19-22-37(70)23-20-35)25-26-46(71)61-29-14-13-28-60-41-24-21-36(68(79)80)32-45(41)69(81)82/h7-8,15-16,19-24,32-34,39,42-44,47-48,59-60,70H,6,9-14,17-18,25-31,56-57H2,1-5H3,(H2,58,72)(H,61,71)(H,62,73)(H,63,74)(H,64,76)(H,65,75)(H,66,77)(H,67,78)/t34?,39-,42-,43-,44-,47-,48-/m0/s1. The number of carbonyl (C=O) groups excluding carboxylic acids is 8. The van der Waals surface area contributed by atoms with Gasteiger partial charge in [-0.25, -0.2) is 0 Å². The number of rotatable bonds is 38. The fourth-order valence-electron chi connectivity index (χ4n) is 8.53. The number of amides is 8. The summed E-state index contributed by atoms with van der Waals surface area (Å²) in [6.07, 6.45) is 2.11. The van der Waals surface area contributed by atoms with Crippen LogP contribution in [0.4, 0.5) is 22.7 Å². The number of phenolic OH excluding ortho intramolecular Hbond substituents is 1. The molecule has 27 heteroatoms. The lowest BCUT2D eigenvalue weighted by Gasteiger charge is -2.29. The molecule has 450 valence electrons. The number of nitrogens with one attached hydrogen (secondary N) is 9. The third kappa shape index (κ3) is 23.0. The average Bonchev–Trinajstić information content (AvgIpc) is 3.58. The Balaban J connectivity index is 1.88. The fourth-order valence-corrected chi connectivity index (χ4v) is 8.53. The molecule has 0 heterocycles. The molecule has 0 saturated heterocycles. The molecular formula is C55H82N14O13. The molecule has 82 heavy (non-hydrogen) atoms. The maximum atomic E-state index is 14.6. The molecule has 0 spiro atoms. The lowest BCUT2D eigenvalue weighted by Crippen LogP contribution is -2.60. The SMILES string of the molecule is CCC(C)[C@H](NC(=O)[C@@H](NC(=O)[C@H](CCCCN)NC(=O)[C@H](CCCCNC(=O)c1ccccc1NC)NC(=O)[C@H](CCC(=O)NCCCCNc1ccc([N+](=O)[O-])cc1[N+](=O)[O-])NC(=O)[C@@H](N)Cc1ccc(O)cc1)C(C)C)C(N)=O. The number of non-ortho nitro benzene ring substituents is 1. The van der Waals surface area contributed by atoms with Crippen molar-refractivity contribution in [3.05, 3.63) is 98.1 Å². The van der Waals surface area contributed by atoms with E-state index < -0.39 is 105 Å². The number of hydrogen-bond donors (Lipinski definition) is 13. The van der Waals surface area contributed by atoms with Crippen molar-refractivity contribution in [3.63, 3.8) is 0 Å². The summed E-state index contributed by atoms with van der Waals surface area (Å²) in [6.45, 7) is 7.74. The van der Waals surface area contributed by atoms with Crippen molar-refractivity contribution in [1.29, 1.82) is 0 Å². The van der Waals surface area contributed by atoms with Gasteiger partial charge in [0.15, 0.2) is 0 Å². The number of para-hydroxylation sites is 1. The van der Waals surface area contributed by atoms with Crippen molar-refractivity contribution in [1.82, 2.24) is 37.2 Å². The van der Waals surface area contributed by atoms with E-state index in [1.54, 1.807) is 64.2 Å². The van der Waals surface area contributed by atoms with Gasteiger partial charge in [0, 0.05) is 44.9 Å². The Labute approximate surface area is 476 Å². The van der Waals surface area contributed by atoms with E-state index in [1.807, 2.05) is 6.92 Å². The number of anilines is 2. The van der Waals surface area contributed by atoms with Gasteiger partial charge < -0.3 is 70.2 Å². The molecule has 0 radical (unpaired) electrons. The molecule has 27 nitrogen and oxygen atoms in total. The first-order valence-corrected chi connectivity index (χ1v) is 27.5. The van der Waals surface area contributed by atoms with Crippen molar-refractivity contribution < 1.29 is 53.3 Å². The summed E-state index contributed by atoms with van der Waals surface area (Å²) in [7, 11) is 1.68. The summed E-state index contributed by atoms with van der Waals surface area (Å²) in [6, 6.07) is 8.57. The van der Waals surface area contributed by atoms with Gasteiger partial charge in [-0.15, -0.1) is 0 Å². The second-order valence-electron chi connectivity index (χ2n) is 20.2. The van der Waals surface area contributed by atoms with Gasteiger partial charge in [0.1, 0.15) is 41.6 Å². The topological polar surface area (TPSA) is 429 Å². The third-order valence-electron chi connectivity index (χ3n) is 13.6. The Morgan fingerprint density at radius 3 is 1.78 bits per heavy atom. The van der Waals surface area contributed by atoms with Crippen LogP contribution in [0.1, 0.15) is 114 Å². The highest BCUT2D eigenvalue weighted by atomic mass is 16.6. The van der Waals surface area contributed by atoms with Crippen molar-refractivity contribution in [2.24, 2.45) is 29.0 Å². The largest absolute Gasteiger partial charge is 0.508 e. The number of nitrogens with two attached hydrogens (primary N) is 3. The molecule has 0 aliphatic rings. The molecule has 16 N–H and O–H groups in total. The Kier molecular flexibility index (Phi) is 29.2. The van der Waals surface area contributed by atoms with Crippen molar-refractivity contribution in [3.8, 4) is 5.75 Å². The van der Waals surface area contributed by atoms with Gasteiger partial charge >= 0.3 is 0 Å². The van der Waals surface area contributed by atoms with Gasteiger partial charge in [-0.1, -0.05) is 58.4 Å². The molecule has 1 unspecified atom stereocenters. The van der Waals surface area contributed by atoms with Gasteiger partial charge in [-0.3, -0.25) is 58.6 Å². The highest BCUT2D eigenvalue weighted by Gasteiger charge is 2.35. The smallest absolute Gasteiger partial charge is 0.299 e. The molecular weight excluding hydrogens is 1060 g/mol. The second-order valence-corrected chi connectivity index (χ2v) is 20.2. The maximum absolute atomic E-state index is 14.6. The Hall–Kier alpha value is -8.46. The van der Waals surface area contributed by atoms with E-state index >= 15 is 0 Å². The number of benzene rings is 3. The summed E-state index contributed by atoms with van der Waals surface area (Å²) in [5.74, 6) is -6.33. The first kappa shape index (κ1) is 67.8. The van der Waals surface area contributed by atoms with Crippen molar-refractivity contribution >= 4 is 70.0 Å². The number of carbonyl (C=O) groups is 8. The lowest BCUT2D eigenvalue weighted by atomic mass is 9.96. The molecule has 0 aliphatic carbocycles. The number of hydrogen-bond acceptors (Lipinski definition) is 17. The maximum Gasteiger partial charge on any atom is 0.299 e. The highest BCUT2D eigenvalue weighted by Crippen LogP contribution is 2.29. The minimum atomic E-state index is -1.46. The van der Waals surface area contributed by atoms with E-state index in [0.717, 1.165) is 12.1 Å². The summed E-state index contributed by atoms with van der Waals surface area (Å²) in [4.78, 5) is 131. The van der Waals surface area contributed by atoms with E-state index in [2.05, 4.69) is 47.9 Å². The minimum Gasteiger partial charge on any atom is -0.508 e. The number of nitro benzene ring substituents is 2. The average molecular weight is 1150 g/mol. The second kappa shape index (κ2) is 35.3. The van der Waals surface area contributed by atoms with Crippen LogP contribution in [-0.2, 0) is 40.0 Å². The van der Waals surface area contributed by atoms with Gasteiger partial charge in [0.2, 0.25) is 41.4 Å². The normalized spacial score (nSPS) is 13.6. The Bertz CT molecular complexity index is 2640. The van der Waals surface area contributed by atoms with Gasteiger partial charge in [0.25, 0.3) is 17.3 Å². The van der Waals surface area contributed by atoms with Crippen LogP contribution in [0.5, 0.6) is 5.75 Å².